The number of carbonyl (C=O) groups is 1. The third kappa shape index (κ3) is 6.34. The van der Waals surface area contributed by atoms with Gasteiger partial charge in [-0.3, -0.25) is 19.7 Å². The first-order chi connectivity index (χ1) is 23.3. The maximum absolute atomic E-state index is 11.5. The second kappa shape index (κ2) is 13.6. The Morgan fingerprint density at radius 2 is 1.54 bits per heavy atom. The topological polar surface area (TPSA) is 123 Å². The number of fused-ring (bicyclic) bond motifs is 1. The first kappa shape index (κ1) is 32.7. The van der Waals surface area contributed by atoms with Gasteiger partial charge in [-0.1, -0.05) is 59.6 Å². The first-order valence-electron chi connectivity index (χ1n) is 16.3. The Bertz CT molecular complexity index is 1850. The SMILES string of the molecule is COc1nc(-c2cccc(-c3cccc(-c4cnc(CN5CC6CC6(CO)C5)c(OC)n4)c3Cl)c2Cl)cnc1CCC[C@@H]1CCC(=O)N1. The molecule has 2 aliphatic heterocycles. The van der Waals surface area contributed by atoms with E-state index in [0.29, 0.717) is 69.6 Å². The summed E-state index contributed by atoms with van der Waals surface area (Å²) in [7, 11) is 3.18. The van der Waals surface area contributed by atoms with Crippen LogP contribution in [-0.4, -0.2) is 75.8 Å². The highest BCUT2D eigenvalue weighted by Gasteiger charge is 2.59. The van der Waals surface area contributed by atoms with Crippen LogP contribution in [0, 0.1) is 11.3 Å². The summed E-state index contributed by atoms with van der Waals surface area (Å²) in [6.45, 7) is 2.65. The lowest BCUT2D eigenvalue weighted by Gasteiger charge is -2.20. The predicted molar refractivity (Wildman–Crippen MR) is 184 cm³/mol. The number of nitrogens with one attached hydrogen (secondary N) is 1. The molecule has 2 aromatic heterocycles. The normalized spacial score (nSPS) is 21.6. The van der Waals surface area contributed by atoms with Crippen LogP contribution in [0.3, 0.4) is 0 Å². The highest BCUT2D eigenvalue weighted by molar-refractivity contribution is 6.39. The molecule has 250 valence electrons. The van der Waals surface area contributed by atoms with Crippen LogP contribution in [0.5, 0.6) is 11.8 Å². The van der Waals surface area contributed by atoms with Crippen molar-refractivity contribution >= 4 is 29.1 Å². The van der Waals surface area contributed by atoms with Crippen molar-refractivity contribution in [1.29, 1.82) is 0 Å². The van der Waals surface area contributed by atoms with Gasteiger partial charge in [0, 0.05) is 59.8 Å². The number of aryl methyl sites for hydroxylation is 1. The Kier molecular flexibility index (Phi) is 9.26. The van der Waals surface area contributed by atoms with Crippen LogP contribution in [0.1, 0.15) is 43.5 Å². The Labute approximate surface area is 289 Å². The predicted octanol–water partition coefficient (Wildman–Crippen LogP) is 6.01. The number of methoxy groups -OCH3 is 2. The number of aliphatic hydroxyl groups is 1. The minimum absolute atomic E-state index is 0.0615. The smallest absolute Gasteiger partial charge is 0.237 e. The zero-order valence-electron chi connectivity index (χ0n) is 27.0. The highest BCUT2D eigenvalue weighted by atomic mass is 35.5. The molecule has 2 aromatic carbocycles. The Hall–Kier alpha value is -3.83. The molecular formula is C36H38Cl2N6O4. The third-order valence-electron chi connectivity index (χ3n) is 9.96. The van der Waals surface area contributed by atoms with Gasteiger partial charge >= 0.3 is 0 Å². The molecule has 1 amide bonds. The van der Waals surface area contributed by atoms with E-state index in [1.54, 1.807) is 26.6 Å². The van der Waals surface area contributed by atoms with Crippen molar-refractivity contribution < 1.29 is 19.4 Å². The van der Waals surface area contributed by atoms with E-state index in [4.69, 9.17) is 47.6 Å². The molecule has 7 rings (SSSR count). The number of carbonyl (C=O) groups excluding carboxylic acids is 1. The summed E-state index contributed by atoms with van der Waals surface area (Å²) >= 11 is 14.1. The second-order valence-corrected chi connectivity index (χ2v) is 13.8. The van der Waals surface area contributed by atoms with Gasteiger partial charge in [0.15, 0.2) is 0 Å². The molecule has 48 heavy (non-hydrogen) atoms. The van der Waals surface area contributed by atoms with Crippen molar-refractivity contribution in [2.45, 2.75) is 51.1 Å². The monoisotopic (exact) mass is 688 g/mol. The molecule has 2 N–H and O–H groups in total. The molecule has 2 saturated heterocycles. The summed E-state index contributed by atoms with van der Waals surface area (Å²) in [6.07, 6.45) is 8.47. The lowest BCUT2D eigenvalue weighted by Crippen LogP contribution is -2.26. The van der Waals surface area contributed by atoms with E-state index >= 15 is 0 Å². The van der Waals surface area contributed by atoms with E-state index in [9.17, 15) is 9.90 Å². The number of hydrogen-bond donors (Lipinski definition) is 2. The maximum Gasteiger partial charge on any atom is 0.237 e. The van der Waals surface area contributed by atoms with Crippen LogP contribution in [0.4, 0.5) is 0 Å². The van der Waals surface area contributed by atoms with E-state index in [2.05, 4.69) is 15.2 Å². The van der Waals surface area contributed by atoms with Crippen molar-refractivity contribution in [3.8, 4) is 45.4 Å². The lowest BCUT2D eigenvalue weighted by atomic mass is 9.98. The number of nitrogens with zero attached hydrogens (tertiary/aromatic N) is 5. The van der Waals surface area contributed by atoms with Crippen LogP contribution in [-0.2, 0) is 17.8 Å². The lowest BCUT2D eigenvalue weighted by molar-refractivity contribution is -0.119. The average molecular weight is 690 g/mol. The summed E-state index contributed by atoms with van der Waals surface area (Å²) in [4.78, 5) is 32.8. The average Bonchev–Trinajstić information content (AvgIpc) is 3.40. The molecule has 1 saturated carbocycles. The molecule has 3 fully saturated rings. The quantitative estimate of drug-likeness (QED) is 0.184. The molecule has 0 bridgehead atoms. The van der Waals surface area contributed by atoms with Crippen molar-refractivity contribution in [1.82, 2.24) is 30.2 Å². The molecule has 10 nitrogen and oxygen atoms in total. The summed E-state index contributed by atoms with van der Waals surface area (Å²) in [5.41, 5.74) is 5.65. The van der Waals surface area contributed by atoms with Gasteiger partial charge in [0.25, 0.3) is 0 Å². The maximum atomic E-state index is 11.5. The van der Waals surface area contributed by atoms with Crippen molar-refractivity contribution in [2.75, 3.05) is 33.9 Å². The van der Waals surface area contributed by atoms with E-state index < -0.39 is 0 Å². The molecule has 12 heteroatoms. The number of benzene rings is 2. The van der Waals surface area contributed by atoms with Gasteiger partial charge in [-0.25, -0.2) is 9.97 Å². The molecule has 3 atom stereocenters. The van der Waals surface area contributed by atoms with Gasteiger partial charge < -0.3 is 19.9 Å². The number of piperidine rings is 1. The van der Waals surface area contributed by atoms with Crippen LogP contribution in [0.2, 0.25) is 10.0 Å². The number of aromatic nitrogens is 4. The minimum Gasteiger partial charge on any atom is -0.480 e. The molecule has 0 spiro atoms. The van der Waals surface area contributed by atoms with Gasteiger partial charge in [-0.15, -0.1) is 0 Å². The van der Waals surface area contributed by atoms with E-state index in [-0.39, 0.29) is 24.0 Å². The van der Waals surface area contributed by atoms with E-state index in [1.165, 1.54) is 0 Å². The molecular weight excluding hydrogens is 651 g/mol. The highest BCUT2D eigenvalue weighted by Crippen LogP contribution is 2.57. The van der Waals surface area contributed by atoms with Gasteiger partial charge in [-0.2, -0.15) is 0 Å². The summed E-state index contributed by atoms with van der Waals surface area (Å²) in [5.74, 6) is 1.59. The largest absolute Gasteiger partial charge is 0.480 e. The molecule has 1 aliphatic carbocycles. The standard InChI is InChI=1S/C36H38Cl2N6O4/c1-47-34-27(11-3-6-22-12-13-31(46)41-22)39-15-28(42-34)25-9-4-7-23(32(25)37)24-8-5-10-26(33(24)38)29-16-40-30(35(43-29)48-2)18-44-17-21-14-36(21,19-44)20-45/h4-5,7-10,15-16,21-22,45H,3,6,11-14,17-20H2,1-2H3,(H,41,46)/t21?,22-,36?/m1/s1. The molecule has 0 radical (unpaired) electrons. The molecule has 2 unspecified atom stereocenters. The second-order valence-electron chi connectivity index (χ2n) is 13.0. The molecule has 4 heterocycles. The molecule has 4 aromatic rings. The summed E-state index contributed by atoms with van der Waals surface area (Å²) in [6, 6.07) is 11.7. The van der Waals surface area contributed by atoms with Crippen LogP contribution in [0.15, 0.2) is 48.8 Å². The van der Waals surface area contributed by atoms with Crippen LogP contribution < -0.4 is 14.8 Å². The van der Waals surface area contributed by atoms with Gasteiger partial charge in [0.05, 0.1) is 54.7 Å². The van der Waals surface area contributed by atoms with E-state index in [0.717, 1.165) is 61.3 Å². The zero-order valence-corrected chi connectivity index (χ0v) is 28.5. The fourth-order valence-electron chi connectivity index (χ4n) is 7.23. The zero-order chi connectivity index (χ0) is 33.4. The summed E-state index contributed by atoms with van der Waals surface area (Å²) < 4.78 is 11.3. The van der Waals surface area contributed by atoms with Gasteiger partial charge in [0.1, 0.15) is 11.4 Å². The van der Waals surface area contributed by atoms with Crippen molar-refractivity contribution in [3.63, 3.8) is 0 Å². The Balaban J connectivity index is 1.11. The number of likely N-dealkylation sites (tertiary alicyclic amines) is 1. The summed E-state index contributed by atoms with van der Waals surface area (Å²) in [5, 5.41) is 13.8. The van der Waals surface area contributed by atoms with E-state index in [1.807, 2.05) is 36.4 Å². The molecule has 3 aliphatic rings. The fourth-order valence-corrected chi connectivity index (χ4v) is 7.88. The Morgan fingerprint density at radius 3 is 2.10 bits per heavy atom. The number of rotatable bonds is 12. The first-order valence-corrected chi connectivity index (χ1v) is 17.1. The van der Waals surface area contributed by atoms with Crippen LogP contribution in [0.25, 0.3) is 33.6 Å². The third-order valence-corrected chi connectivity index (χ3v) is 10.8. The van der Waals surface area contributed by atoms with Crippen molar-refractivity contribution in [2.24, 2.45) is 11.3 Å². The number of aliphatic hydroxyl groups excluding tert-OH is 1. The fraction of sp³-hybridized carbons (Fsp3) is 0.417. The number of hydrogen-bond acceptors (Lipinski definition) is 9. The number of ether oxygens (including phenoxy) is 2. The Morgan fingerprint density at radius 1 is 0.938 bits per heavy atom. The van der Waals surface area contributed by atoms with Crippen LogP contribution >= 0.6 is 23.2 Å². The minimum atomic E-state index is 0.0615. The van der Waals surface area contributed by atoms with Crippen molar-refractivity contribution in [3.05, 3.63) is 70.2 Å². The number of amides is 1. The number of halogens is 2. The van der Waals surface area contributed by atoms with Gasteiger partial charge in [0.2, 0.25) is 17.7 Å². The van der Waals surface area contributed by atoms with Gasteiger partial charge in [-0.05, 0) is 38.0 Å².